The van der Waals surface area contributed by atoms with Crippen molar-refractivity contribution in [3.63, 3.8) is 0 Å². The van der Waals surface area contributed by atoms with Gasteiger partial charge in [-0.2, -0.15) is 0 Å². The van der Waals surface area contributed by atoms with E-state index in [0.717, 1.165) is 46.7 Å². The van der Waals surface area contributed by atoms with E-state index in [9.17, 15) is 5.11 Å². The Morgan fingerprint density at radius 2 is 1.71 bits per heavy atom. The molecule has 180 valence electrons. The highest BCUT2D eigenvalue weighted by Crippen LogP contribution is 2.51. The van der Waals surface area contributed by atoms with Crippen LogP contribution in [0.4, 0.5) is 0 Å². The number of piperidine rings is 1. The molecule has 3 aliphatic rings. The Hall–Kier alpha value is -3.44. The third-order valence-corrected chi connectivity index (χ3v) is 7.22. The Morgan fingerprint density at radius 3 is 2.57 bits per heavy atom. The van der Waals surface area contributed by atoms with Crippen molar-refractivity contribution in [2.24, 2.45) is 0 Å². The number of hydrogen-bond donors (Lipinski definition) is 1. The van der Waals surface area contributed by atoms with E-state index in [1.54, 1.807) is 12.1 Å². The van der Waals surface area contributed by atoms with Gasteiger partial charge in [-0.3, -0.25) is 4.90 Å². The van der Waals surface area contributed by atoms with Crippen LogP contribution < -0.4 is 14.2 Å². The van der Waals surface area contributed by atoms with Crippen molar-refractivity contribution in [1.29, 1.82) is 0 Å². The first-order valence-electron chi connectivity index (χ1n) is 12.7. The predicted octanol–water partition coefficient (Wildman–Crippen LogP) is 6.08. The third-order valence-electron chi connectivity index (χ3n) is 7.22. The van der Waals surface area contributed by atoms with Gasteiger partial charge >= 0.3 is 0 Å². The maximum Gasteiger partial charge on any atom is 0.150 e. The zero-order valence-corrected chi connectivity index (χ0v) is 19.9. The van der Waals surface area contributed by atoms with Crippen LogP contribution >= 0.6 is 0 Å². The summed E-state index contributed by atoms with van der Waals surface area (Å²) in [5.41, 5.74) is 5.49. The zero-order chi connectivity index (χ0) is 23.6. The lowest BCUT2D eigenvalue weighted by Gasteiger charge is -2.31. The highest BCUT2D eigenvalue weighted by Gasteiger charge is 2.33. The number of para-hydroxylation sites is 1. The monoisotopic (exact) mass is 469 g/mol. The van der Waals surface area contributed by atoms with Gasteiger partial charge in [0.1, 0.15) is 35.7 Å². The van der Waals surface area contributed by atoms with Crippen LogP contribution in [-0.2, 0) is 0 Å². The molecule has 3 aliphatic heterocycles. The minimum Gasteiger partial charge on any atom is -0.508 e. The van der Waals surface area contributed by atoms with E-state index in [0.29, 0.717) is 19.0 Å². The summed E-state index contributed by atoms with van der Waals surface area (Å²) in [5.74, 6) is 2.67. The summed E-state index contributed by atoms with van der Waals surface area (Å²) < 4.78 is 18.7. The first-order chi connectivity index (χ1) is 17.3. The summed E-state index contributed by atoms with van der Waals surface area (Å²) in [6.07, 6.45) is 4.45. The molecule has 1 saturated heterocycles. The van der Waals surface area contributed by atoms with Gasteiger partial charge in [0.15, 0.2) is 0 Å². The second-order valence-electron chi connectivity index (χ2n) is 9.49. The Morgan fingerprint density at radius 1 is 0.886 bits per heavy atom. The standard InChI is InChI=1S/C30H31NO4/c32-22-10-13-26-28(20-22)34-18-14-25-24-6-2-3-7-27(24)35-30(29(25)26)21-8-11-23(12-9-21)33-19-17-31-15-4-1-5-16-31/h2-3,6-13,20,30,32H,1,4-5,14-19H2/t30-/m1/s1. The van der Waals surface area contributed by atoms with Gasteiger partial charge < -0.3 is 19.3 Å². The summed E-state index contributed by atoms with van der Waals surface area (Å²) in [7, 11) is 0. The molecule has 3 aromatic carbocycles. The lowest BCUT2D eigenvalue weighted by molar-refractivity contribution is 0.183. The maximum atomic E-state index is 10.1. The zero-order valence-electron chi connectivity index (χ0n) is 19.9. The Bertz CT molecular complexity index is 1230. The van der Waals surface area contributed by atoms with Crippen molar-refractivity contribution in [3.05, 3.63) is 83.4 Å². The Kier molecular flexibility index (Phi) is 6.09. The number of aromatic hydroxyl groups is 1. The second kappa shape index (κ2) is 9.67. The molecule has 0 bridgehead atoms. The number of benzene rings is 3. The number of rotatable bonds is 5. The summed E-state index contributed by atoms with van der Waals surface area (Å²) in [6, 6.07) is 21.9. The molecular weight excluding hydrogens is 438 g/mol. The molecule has 0 aliphatic carbocycles. The smallest absolute Gasteiger partial charge is 0.150 e. The van der Waals surface area contributed by atoms with Crippen LogP contribution in [0.1, 0.15) is 48.5 Å². The topological polar surface area (TPSA) is 51.2 Å². The number of phenolic OH excluding ortho intramolecular Hbond substituents is 1. The van der Waals surface area contributed by atoms with Gasteiger partial charge in [0.05, 0.1) is 6.61 Å². The van der Waals surface area contributed by atoms with Gasteiger partial charge in [-0.1, -0.05) is 36.8 Å². The van der Waals surface area contributed by atoms with Gasteiger partial charge in [0, 0.05) is 35.7 Å². The molecule has 0 aromatic heterocycles. The fourth-order valence-corrected chi connectivity index (χ4v) is 5.45. The van der Waals surface area contributed by atoms with E-state index in [-0.39, 0.29) is 11.9 Å². The number of hydrogen-bond acceptors (Lipinski definition) is 5. The molecule has 6 rings (SSSR count). The SMILES string of the molecule is Oc1ccc2c(c1)OCCC1=C2[C@@H](c2ccc(OCCN3CCCCC3)cc2)Oc2ccccc21. The van der Waals surface area contributed by atoms with Crippen LogP contribution in [0.25, 0.3) is 11.1 Å². The molecular formula is C30H31NO4. The predicted molar refractivity (Wildman–Crippen MR) is 137 cm³/mol. The molecule has 5 heteroatoms. The molecule has 0 unspecified atom stereocenters. The summed E-state index contributed by atoms with van der Waals surface area (Å²) in [6.45, 7) is 4.60. The average molecular weight is 470 g/mol. The van der Waals surface area contributed by atoms with Crippen LogP contribution in [0.5, 0.6) is 23.0 Å². The highest BCUT2D eigenvalue weighted by atomic mass is 16.5. The summed E-state index contributed by atoms with van der Waals surface area (Å²) >= 11 is 0. The number of likely N-dealkylation sites (tertiary alicyclic amines) is 1. The fraction of sp³-hybridized carbons (Fsp3) is 0.333. The molecule has 0 saturated carbocycles. The first-order valence-corrected chi connectivity index (χ1v) is 12.7. The van der Waals surface area contributed by atoms with Crippen molar-refractivity contribution in [1.82, 2.24) is 4.90 Å². The van der Waals surface area contributed by atoms with Crippen LogP contribution in [-0.4, -0.2) is 42.9 Å². The summed E-state index contributed by atoms with van der Waals surface area (Å²) in [4.78, 5) is 2.49. The number of ether oxygens (including phenoxy) is 3. The van der Waals surface area contributed by atoms with E-state index >= 15 is 0 Å². The lowest BCUT2D eigenvalue weighted by atomic mass is 9.84. The fourth-order valence-electron chi connectivity index (χ4n) is 5.45. The van der Waals surface area contributed by atoms with Crippen molar-refractivity contribution < 1.29 is 19.3 Å². The largest absolute Gasteiger partial charge is 0.508 e. The third kappa shape index (κ3) is 4.48. The molecule has 35 heavy (non-hydrogen) atoms. The van der Waals surface area contributed by atoms with Gasteiger partial charge in [0.25, 0.3) is 0 Å². The molecule has 1 fully saturated rings. The van der Waals surface area contributed by atoms with E-state index in [1.165, 1.54) is 37.9 Å². The van der Waals surface area contributed by atoms with Gasteiger partial charge in [-0.25, -0.2) is 0 Å². The Balaban J connectivity index is 1.29. The van der Waals surface area contributed by atoms with Gasteiger partial charge in [-0.15, -0.1) is 0 Å². The highest BCUT2D eigenvalue weighted by molar-refractivity contribution is 5.98. The molecule has 0 radical (unpaired) electrons. The van der Waals surface area contributed by atoms with E-state index in [1.807, 2.05) is 36.4 Å². The molecule has 3 heterocycles. The minimum atomic E-state index is -0.271. The lowest BCUT2D eigenvalue weighted by Crippen LogP contribution is -2.33. The summed E-state index contributed by atoms with van der Waals surface area (Å²) in [5, 5.41) is 10.1. The number of fused-ring (bicyclic) bond motifs is 4. The van der Waals surface area contributed by atoms with Crippen molar-refractivity contribution >= 4 is 11.1 Å². The van der Waals surface area contributed by atoms with Crippen LogP contribution in [0.2, 0.25) is 0 Å². The van der Waals surface area contributed by atoms with Crippen LogP contribution in [0.3, 0.4) is 0 Å². The van der Waals surface area contributed by atoms with Crippen molar-refractivity contribution in [2.45, 2.75) is 31.8 Å². The average Bonchev–Trinajstić information content (AvgIpc) is 3.09. The molecule has 1 atom stereocenters. The van der Waals surface area contributed by atoms with E-state index < -0.39 is 0 Å². The minimum absolute atomic E-state index is 0.201. The Labute approximate surface area is 206 Å². The number of phenols is 1. The second-order valence-corrected chi connectivity index (χ2v) is 9.49. The van der Waals surface area contributed by atoms with Crippen LogP contribution in [0.15, 0.2) is 66.7 Å². The first kappa shape index (κ1) is 22.1. The maximum absolute atomic E-state index is 10.1. The number of nitrogens with zero attached hydrogens (tertiary/aromatic N) is 1. The normalized spacial score (nSPS) is 19.5. The van der Waals surface area contributed by atoms with Crippen molar-refractivity contribution in [2.75, 3.05) is 32.8 Å². The molecule has 5 nitrogen and oxygen atoms in total. The molecule has 0 spiro atoms. The molecule has 0 amide bonds. The van der Waals surface area contributed by atoms with Gasteiger partial charge in [0.2, 0.25) is 0 Å². The van der Waals surface area contributed by atoms with Crippen LogP contribution in [0, 0.1) is 0 Å². The van der Waals surface area contributed by atoms with E-state index in [2.05, 4.69) is 23.1 Å². The van der Waals surface area contributed by atoms with Gasteiger partial charge in [-0.05, 0) is 67.4 Å². The van der Waals surface area contributed by atoms with Crippen molar-refractivity contribution in [3.8, 4) is 23.0 Å². The molecule has 1 N–H and O–H groups in total. The quantitative estimate of drug-likeness (QED) is 0.491. The molecule has 3 aromatic rings. The van der Waals surface area contributed by atoms with E-state index in [4.69, 9.17) is 14.2 Å².